The Morgan fingerprint density at radius 1 is 1.50 bits per heavy atom. The predicted octanol–water partition coefficient (Wildman–Crippen LogP) is 1.06. The molecule has 0 aliphatic carbocycles. The van der Waals surface area contributed by atoms with Crippen molar-refractivity contribution < 1.29 is 19.4 Å². The number of carboxylic acids is 1. The molecule has 1 unspecified atom stereocenters. The molecule has 0 aromatic rings. The number of aliphatic carboxylic acids is 1. The number of ether oxygens (including phenoxy) is 1. The molecule has 0 radical (unpaired) electrons. The number of nitrogens with one attached hydrogen (secondary N) is 1. The molecule has 2 amide bonds. The molecule has 6 nitrogen and oxygen atoms in total. The first-order valence-corrected chi connectivity index (χ1v) is 6.27. The smallest absolute Gasteiger partial charge is 0.329 e. The van der Waals surface area contributed by atoms with Gasteiger partial charge in [0.2, 0.25) is 0 Å². The Morgan fingerprint density at radius 3 is 2.61 bits per heavy atom. The van der Waals surface area contributed by atoms with Gasteiger partial charge in [-0.15, -0.1) is 0 Å². The normalized spacial score (nSPS) is 18.9. The Morgan fingerprint density at radius 2 is 2.11 bits per heavy atom. The molecule has 1 atom stereocenters. The van der Waals surface area contributed by atoms with Gasteiger partial charge in [0, 0.05) is 6.04 Å². The number of amides is 2. The summed E-state index contributed by atoms with van der Waals surface area (Å²) >= 11 is 0. The third kappa shape index (κ3) is 4.18. The van der Waals surface area contributed by atoms with E-state index in [0.717, 1.165) is 12.8 Å². The maximum Gasteiger partial charge on any atom is 0.329 e. The number of hydrogen-bond donors (Lipinski definition) is 2. The lowest BCUT2D eigenvalue weighted by Crippen LogP contribution is -2.65. The van der Waals surface area contributed by atoms with Gasteiger partial charge in [-0.3, -0.25) is 0 Å². The second-order valence-corrected chi connectivity index (χ2v) is 5.13. The van der Waals surface area contributed by atoms with Gasteiger partial charge in [-0.1, -0.05) is 13.3 Å². The highest BCUT2D eigenvalue weighted by molar-refractivity contribution is 5.75. The van der Waals surface area contributed by atoms with Crippen molar-refractivity contribution in [2.24, 2.45) is 0 Å². The Bertz CT molecular complexity index is 313. The Balaban J connectivity index is 2.28. The number of hydrogen-bond acceptors (Lipinski definition) is 3. The van der Waals surface area contributed by atoms with E-state index in [1.54, 1.807) is 4.90 Å². The molecule has 0 aromatic carbocycles. The lowest BCUT2D eigenvalue weighted by Gasteiger charge is -2.47. The van der Waals surface area contributed by atoms with E-state index in [4.69, 9.17) is 9.84 Å². The van der Waals surface area contributed by atoms with Crippen molar-refractivity contribution in [3.05, 3.63) is 0 Å². The maximum absolute atomic E-state index is 11.8. The van der Waals surface area contributed by atoms with Crippen molar-refractivity contribution in [2.75, 3.05) is 19.7 Å². The molecule has 0 bridgehead atoms. The molecule has 1 saturated heterocycles. The summed E-state index contributed by atoms with van der Waals surface area (Å²) < 4.78 is 5.24. The average molecular weight is 258 g/mol. The molecule has 6 heteroatoms. The SMILES string of the molecule is CCCC(C)NC(=O)N1CC(C)(OCC(=O)O)C1. The van der Waals surface area contributed by atoms with Crippen LogP contribution >= 0.6 is 0 Å². The summed E-state index contributed by atoms with van der Waals surface area (Å²) in [7, 11) is 0. The van der Waals surface area contributed by atoms with Crippen LogP contribution in [0.1, 0.15) is 33.6 Å². The van der Waals surface area contributed by atoms with E-state index in [1.807, 2.05) is 13.8 Å². The van der Waals surface area contributed by atoms with Gasteiger partial charge < -0.3 is 20.1 Å². The van der Waals surface area contributed by atoms with E-state index >= 15 is 0 Å². The topological polar surface area (TPSA) is 78.9 Å². The van der Waals surface area contributed by atoms with Crippen molar-refractivity contribution in [2.45, 2.75) is 45.3 Å². The van der Waals surface area contributed by atoms with Crippen LogP contribution in [0.3, 0.4) is 0 Å². The summed E-state index contributed by atoms with van der Waals surface area (Å²) in [6, 6.07) is 0.0571. The van der Waals surface area contributed by atoms with Crippen molar-refractivity contribution in [1.82, 2.24) is 10.2 Å². The molecule has 0 spiro atoms. The van der Waals surface area contributed by atoms with Gasteiger partial charge in [0.15, 0.2) is 0 Å². The van der Waals surface area contributed by atoms with E-state index in [-0.39, 0.29) is 18.7 Å². The van der Waals surface area contributed by atoms with Crippen LogP contribution in [0.4, 0.5) is 4.79 Å². The highest BCUT2D eigenvalue weighted by Gasteiger charge is 2.42. The van der Waals surface area contributed by atoms with Crippen molar-refractivity contribution in [1.29, 1.82) is 0 Å². The average Bonchev–Trinajstić information content (AvgIpc) is 2.22. The third-order valence-corrected chi connectivity index (χ3v) is 2.97. The maximum atomic E-state index is 11.8. The molecule has 1 fully saturated rings. The largest absolute Gasteiger partial charge is 0.480 e. The fourth-order valence-corrected chi connectivity index (χ4v) is 2.04. The minimum atomic E-state index is -0.990. The lowest BCUT2D eigenvalue weighted by atomic mass is 9.97. The first kappa shape index (κ1) is 14.8. The van der Waals surface area contributed by atoms with Crippen molar-refractivity contribution in [3.63, 3.8) is 0 Å². The number of nitrogens with zero attached hydrogens (tertiary/aromatic N) is 1. The molecule has 1 heterocycles. The van der Waals surface area contributed by atoms with Gasteiger partial charge in [-0.05, 0) is 20.3 Å². The fourth-order valence-electron chi connectivity index (χ4n) is 2.04. The number of carboxylic acid groups (broad SMARTS) is 1. The third-order valence-electron chi connectivity index (χ3n) is 2.97. The summed E-state index contributed by atoms with van der Waals surface area (Å²) in [4.78, 5) is 23.8. The van der Waals surface area contributed by atoms with Crippen LogP contribution < -0.4 is 5.32 Å². The molecule has 1 rings (SSSR count). The molecule has 0 aromatic heterocycles. The molecule has 1 aliphatic heterocycles. The zero-order valence-corrected chi connectivity index (χ0v) is 11.2. The molecular weight excluding hydrogens is 236 g/mol. The highest BCUT2D eigenvalue weighted by Crippen LogP contribution is 2.24. The fraction of sp³-hybridized carbons (Fsp3) is 0.833. The first-order valence-electron chi connectivity index (χ1n) is 6.27. The molecule has 2 N–H and O–H groups in total. The highest BCUT2D eigenvalue weighted by atomic mass is 16.5. The van der Waals surface area contributed by atoms with Crippen LogP contribution in [-0.2, 0) is 9.53 Å². The summed E-state index contributed by atoms with van der Waals surface area (Å²) in [6.45, 7) is 6.41. The van der Waals surface area contributed by atoms with Gasteiger partial charge in [-0.25, -0.2) is 9.59 Å². The second kappa shape index (κ2) is 6.04. The van der Waals surface area contributed by atoms with Crippen molar-refractivity contribution in [3.8, 4) is 0 Å². The van der Waals surface area contributed by atoms with Crippen LogP contribution in [0.2, 0.25) is 0 Å². The van der Waals surface area contributed by atoms with Crippen LogP contribution in [-0.4, -0.2) is 53.3 Å². The summed E-state index contributed by atoms with van der Waals surface area (Å²) in [5.41, 5.74) is -0.524. The van der Waals surface area contributed by atoms with Gasteiger partial charge in [0.1, 0.15) is 12.2 Å². The van der Waals surface area contributed by atoms with E-state index in [2.05, 4.69) is 12.2 Å². The quantitative estimate of drug-likeness (QED) is 0.746. The van der Waals surface area contributed by atoms with Gasteiger partial charge in [0.05, 0.1) is 13.1 Å². The second-order valence-electron chi connectivity index (χ2n) is 5.13. The van der Waals surface area contributed by atoms with Gasteiger partial charge in [0.25, 0.3) is 0 Å². The molecule has 1 aliphatic rings. The van der Waals surface area contributed by atoms with Crippen molar-refractivity contribution >= 4 is 12.0 Å². The summed E-state index contributed by atoms with van der Waals surface area (Å²) in [6.07, 6.45) is 1.98. The molecular formula is C12H22N2O4. The Labute approximate surface area is 107 Å². The van der Waals surface area contributed by atoms with Crippen LogP contribution in [0, 0.1) is 0 Å². The lowest BCUT2D eigenvalue weighted by molar-refractivity contribution is -0.159. The first-order chi connectivity index (χ1) is 8.36. The predicted molar refractivity (Wildman–Crippen MR) is 66.5 cm³/mol. The Kier molecular flexibility index (Phi) is 4.95. The van der Waals surface area contributed by atoms with Crippen LogP contribution in [0.25, 0.3) is 0 Å². The minimum absolute atomic E-state index is 0.104. The van der Waals surface area contributed by atoms with E-state index in [9.17, 15) is 9.59 Å². The van der Waals surface area contributed by atoms with E-state index < -0.39 is 11.6 Å². The van der Waals surface area contributed by atoms with Crippen LogP contribution in [0.15, 0.2) is 0 Å². The Hall–Kier alpha value is -1.30. The monoisotopic (exact) mass is 258 g/mol. The molecule has 18 heavy (non-hydrogen) atoms. The number of carbonyl (C=O) groups is 2. The van der Waals surface area contributed by atoms with E-state index in [1.165, 1.54) is 0 Å². The zero-order chi connectivity index (χ0) is 13.8. The summed E-state index contributed by atoms with van der Waals surface area (Å²) in [5.74, 6) is -0.990. The number of urea groups is 1. The van der Waals surface area contributed by atoms with Gasteiger partial charge >= 0.3 is 12.0 Å². The van der Waals surface area contributed by atoms with Crippen LogP contribution in [0.5, 0.6) is 0 Å². The summed E-state index contributed by atoms with van der Waals surface area (Å²) in [5, 5.41) is 11.4. The number of rotatable bonds is 6. The number of likely N-dealkylation sites (tertiary alicyclic amines) is 1. The minimum Gasteiger partial charge on any atom is -0.480 e. The number of carbonyl (C=O) groups excluding carboxylic acids is 1. The molecule has 104 valence electrons. The van der Waals surface area contributed by atoms with Gasteiger partial charge in [-0.2, -0.15) is 0 Å². The standard InChI is InChI=1S/C12H22N2O4/c1-4-5-9(2)13-11(17)14-7-12(3,8-14)18-6-10(15)16/h9H,4-8H2,1-3H3,(H,13,17)(H,15,16). The zero-order valence-electron chi connectivity index (χ0n) is 11.2. The molecule has 0 saturated carbocycles. The van der Waals surface area contributed by atoms with E-state index in [0.29, 0.717) is 13.1 Å².